The van der Waals surface area contributed by atoms with Crippen molar-refractivity contribution in [2.24, 2.45) is 0 Å². The number of benzene rings is 9. The monoisotopic (exact) mass is 793 g/mol. The molecular formula is C61H47N. The molecule has 0 amide bonds. The fraction of sp³-hybridized carbons (Fsp3) is 0.115. The summed E-state index contributed by atoms with van der Waals surface area (Å²) in [5, 5.41) is 7.64. The predicted octanol–water partition coefficient (Wildman–Crippen LogP) is 16.2. The summed E-state index contributed by atoms with van der Waals surface area (Å²) in [6.07, 6.45) is 5.84. The van der Waals surface area contributed by atoms with Crippen LogP contribution in [0.25, 0.3) is 71.3 Å². The van der Waals surface area contributed by atoms with Gasteiger partial charge in [-0.1, -0.05) is 170 Å². The fourth-order valence-electron chi connectivity index (χ4n) is 11.2. The van der Waals surface area contributed by atoms with Gasteiger partial charge in [0.25, 0.3) is 0 Å². The van der Waals surface area contributed by atoms with Gasteiger partial charge < -0.3 is 4.57 Å². The highest BCUT2D eigenvalue weighted by atomic mass is 15.0. The first-order chi connectivity index (χ1) is 30.5. The SMILES string of the molecule is CC1=C(c2ccc(C3(C)c4cc5ccccc5cc4-c4ccc5c6cc7ccccc7cc6n(-c6ccccc6)c5c43)cc2)CCCC(c2ccccc2)C=C1c1ccccc1. The molecule has 1 nitrogen and oxygen atoms in total. The van der Waals surface area contributed by atoms with Crippen LogP contribution >= 0.6 is 0 Å². The van der Waals surface area contributed by atoms with Crippen molar-refractivity contribution < 1.29 is 0 Å². The second kappa shape index (κ2) is 14.5. The molecule has 0 saturated heterocycles. The largest absolute Gasteiger partial charge is 0.309 e. The Morgan fingerprint density at radius 3 is 1.85 bits per heavy atom. The van der Waals surface area contributed by atoms with E-state index in [0.717, 1.165) is 19.3 Å². The maximum Gasteiger partial charge on any atom is 0.0591 e. The van der Waals surface area contributed by atoms with Crippen LogP contribution in [0.4, 0.5) is 0 Å². The Kier molecular flexibility index (Phi) is 8.54. The molecule has 10 aromatic rings. The first-order valence-corrected chi connectivity index (χ1v) is 22.3. The van der Waals surface area contributed by atoms with Crippen molar-refractivity contribution in [1.29, 1.82) is 0 Å². The Hall–Kier alpha value is -7.22. The third kappa shape index (κ3) is 5.68. The van der Waals surface area contributed by atoms with E-state index in [1.807, 2.05) is 0 Å². The zero-order valence-electron chi connectivity index (χ0n) is 35.3. The number of allylic oxidation sites excluding steroid dienone is 4. The van der Waals surface area contributed by atoms with Crippen molar-refractivity contribution in [1.82, 2.24) is 4.57 Å². The number of para-hydroxylation sites is 1. The Labute approximate surface area is 363 Å². The molecule has 2 aliphatic carbocycles. The summed E-state index contributed by atoms with van der Waals surface area (Å²) in [7, 11) is 0. The van der Waals surface area contributed by atoms with Crippen molar-refractivity contribution in [3.8, 4) is 16.8 Å². The molecule has 0 saturated carbocycles. The van der Waals surface area contributed by atoms with Gasteiger partial charge in [-0.15, -0.1) is 0 Å². The average molecular weight is 794 g/mol. The first-order valence-electron chi connectivity index (χ1n) is 22.3. The van der Waals surface area contributed by atoms with Crippen LogP contribution in [-0.4, -0.2) is 4.57 Å². The van der Waals surface area contributed by atoms with E-state index in [1.165, 1.54) is 110 Å². The second-order valence-electron chi connectivity index (χ2n) is 17.7. The van der Waals surface area contributed by atoms with Crippen molar-refractivity contribution >= 4 is 54.5 Å². The maximum absolute atomic E-state index is 2.55. The molecule has 296 valence electrons. The molecule has 9 aromatic carbocycles. The zero-order chi connectivity index (χ0) is 41.4. The summed E-state index contributed by atoms with van der Waals surface area (Å²) in [5.41, 5.74) is 18.1. The van der Waals surface area contributed by atoms with Gasteiger partial charge >= 0.3 is 0 Å². The van der Waals surface area contributed by atoms with Gasteiger partial charge in [-0.2, -0.15) is 0 Å². The topological polar surface area (TPSA) is 4.93 Å². The molecule has 1 heterocycles. The molecule has 2 atom stereocenters. The van der Waals surface area contributed by atoms with Crippen LogP contribution in [0.2, 0.25) is 0 Å². The van der Waals surface area contributed by atoms with Crippen LogP contribution in [0.5, 0.6) is 0 Å². The molecule has 2 unspecified atom stereocenters. The lowest BCUT2D eigenvalue weighted by Gasteiger charge is -2.30. The number of nitrogens with zero attached hydrogens (tertiary/aromatic N) is 1. The van der Waals surface area contributed by atoms with Crippen molar-refractivity contribution in [2.45, 2.75) is 44.4 Å². The normalized spacial score (nSPS) is 17.6. The number of hydrogen-bond donors (Lipinski definition) is 0. The van der Waals surface area contributed by atoms with Gasteiger partial charge in [0.1, 0.15) is 0 Å². The van der Waals surface area contributed by atoms with E-state index >= 15 is 0 Å². The van der Waals surface area contributed by atoms with Crippen LogP contribution in [-0.2, 0) is 5.41 Å². The summed E-state index contributed by atoms with van der Waals surface area (Å²) in [4.78, 5) is 0. The van der Waals surface area contributed by atoms with Crippen molar-refractivity contribution in [3.63, 3.8) is 0 Å². The summed E-state index contributed by atoms with van der Waals surface area (Å²) < 4.78 is 2.55. The lowest BCUT2D eigenvalue weighted by molar-refractivity contribution is 0.686. The number of aromatic nitrogens is 1. The van der Waals surface area contributed by atoms with Gasteiger partial charge in [0.2, 0.25) is 0 Å². The van der Waals surface area contributed by atoms with Gasteiger partial charge in [-0.25, -0.2) is 0 Å². The lowest BCUT2D eigenvalue weighted by Crippen LogP contribution is -2.23. The highest BCUT2D eigenvalue weighted by molar-refractivity contribution is 6.17. The molecule has 1 aromatic heterocycles. The molecule has 62 heavy (non-hydrogen) atoms. The smallest absolute Gasteiger partial charge is 0.0591 e. The van der Waals surface area contributed by atoms with Gasteiger partial charge in [0.05, 0.1) is 11.0 Å². The Morgan fingerprint density at radius 2 is 1.15 bits per heavy atom. The third-order valence-corrected chi connectivity index (χ3v) is 14.3. The highest BCUT2D eigenvalue weighted by Gasteiger charge is 2.44. The molecule has 0 bridgehead atoms. The molecule has 0 spiro atoms. The maximum atomic E-state index is 2.55. The van der Waals surface area contributed by atoms with E-state index in [-0.39, 0.29) is 0 Å². The Balaban J connectivity index is 1.09. The minimum atomic E-state index is -0.435. The van der Waals surface area contributed by atoms with Crippen LogP contribution in [0.15, 0.2) is 212 Å². The molecule has 0 aliphatic heterocycles. The summed E-state index contributed by atoms with van der Waals surface area (Å²) in [6.45, 7) is 4.85. The molecule has 1 heteroatoms. The quantitative estimate of drug-likeness (QED) is 0.164. The first kappa shape index (κ1) is 36.6. The minimum absolute atomic E-state index is 0.380. The van der Waals surface area contributed by atoms with Crippen LogP contribution in [0, 0.1) is 0 Å². The van der Waals surface area contributed by atoms with Crippen molar-refractivity contribution in [2.75, 3.05) is 0 Å². The van der Waals surface area contributed by atoms with Crippen molar-refractivity contribution in [3.05, 3.63) is 245 Å². The molecule has 12 rings (SSSR count). The highest BCUT2D eigenvalue weighted by Crippen LogP contribution is 2.57. The third-order valence-electron chi connectivity index (χ3n) is 14.3. The minimum Gasteiger partial charge on any atom is -0.309 e. The van der Waals surface area contributed by atoms with Gasteiger partial charge in [0.15, 0.2) is 0 Å². The summed E-state index contributed by atoms with van der Waals surface area (Å²) >= 11 is 0. The predicted molar refractivity (Wildman–Crippen MR) is 263 cm³/mol. The summed E-state index contributed by atoms with van der Waals surface area (Å²) in [5.74, 6) is 0.380. The van der Waals surface area contributed by atoms with E-state index in [1.54, 1.807) is 0 Å². The van der Waals surface area contributed by atoms with E-state index in [0.29, 0.717) is 5.92 Å². The number of fused-ring (bicyclic) bond motifs is 9. The molecule has 2 aliphatic rings. The van der Waals surface area contributed by atoms with Crippen LogP contribution < -0.4 is 0 Å². The molecule has 0 radical (unpaired) electrons. The zero-order valence-corrected chi connectivity index (χ0v) is 35.3. The Bertz CT molecular complexity index is 3420. The average Bonchev–Trinajstić information content (AvgIpc) is 3.78. The molecule has 0 N–H and O–H groups in total. The van der Waals surface area contributed by atoms with Gasteiger partial charge in [0, 0.05) is 27.8 Å². The number of hydrogen-bond acceptors (Lipinski definition) is 0. The standard InChI is InChI=1S/C61H47N/c1-40-51(28-16-25-44(41-17-6-3-7-18-41)35-54(40)42-19-8-4-9-20-42)43-29-31-49(32-30-43)61(2)57-38-47-23-14-12-21-45(47)36-55(57)52-33-34-53-56-37-46-22-13-15-24-48(46)39-58(56)62(60(53)59(52)61)50-26-10-5-11-27-50/h3-15,17-24,26-27,29-39,44H,16,25,28H2,1-2H3. The molecule has 0 fully saturated rings. The van der Waals surface area contributed by atoms with Crippen LogP contribution in [0.3, 0.4) is 0 Å². The number of rotatable bonds is 5. The molecular weight excluding hydrogens is 747 g/mol. The van der Waals surface area contributed by atoms with E-state index in [9.17, 15) is 0 Å². The fourth-order valence-corrected chi connectivity index (χ4v) is 11.2. The Morgan fingerprint density at radius 1 is 0.532 bits per heavy atom. The van der Waals surface area contributed by atoms with E-state index in [4.69, 9.17) is 0 Å². The second-order valence-corrected chi connectivity index (χ2v) is 17.7. The van der Waals surface area contributed by atoms with Gasteiger partial charge in [-0.05, 0) is 152 Å². The lowest BCUT2D eigenvalue weighted by atomic mass is 9.73. The summed E-state index contributed by atoms with van der Waals surface area (Å²) in [6, 6.07) is 75.0. The van der Waals surface area contributed by atoms with E-state index in [2.05, 4.69) is 225 Å². The van der Waals surface area contributed by atoms with Gasteiger partial charge in [-0.3, -0.25) is 0 Å². The van der Waals surface area contributed by atoms with E-state index < -0.39 is 5.41 Å². The van der Waals surface area contributed by atoms with Crippen LogP contribution in [0.1, 0.15) is 72.4 Å².